The number of anilines is 1. The molecule has 3 heteroatoms. The third kappa shape index (κ3) is 2.67. The molecule has 2 aromatic rings. The standard InChI is InChI=1S/C18H16N2O/c19-11-5-8-13-6-2-4-10-17(13)20-18(21)16-12-14-7-1-3-9-15(14)16/h1-4,6-7,9-10,16H,11-12,19H2,(H,20,21). The predicted octanol–water partition coefficient (Wildman–Crippen LogP) is 2.28. The number of nitrogens with one attached hydrogen (secondary N) is 1. The van der Waals surface area contributed by atoms with Gasteiger partial charge in [-0.3, -0.25) is 4.79 Å². The van der Waals surface area contributed by atoms with Gasteiger partial charge in [0.2, 0.25) is 5.91 Å². The normalized spacial score (nSPS) is 15.2. The molecule has 3 nitrogen and oxygen atoms in total. The van der Waals surface area contributed by atoms with E-state index in [0.29, 0.717) is 6.54 Å². The van der Waals surface area contributed by atoms with Gasteiger partial charge in [0, 0.05) is 5.56 Å². The second-order valence-corrected chi connectivity index (χ2v) is 5.00. The predicted molar refractivity (Wildman–Crippen MR) is 83.9 cm³/mol. The van der Waals surface area contributed by atoms with Gasteiger partial charge in [-0.05, 0) is 29.7 Å². The number of rotatable bonds is 2. The SMILES string of the molecule is NCC#Cc1ccccc1NC(=O)C1Cc2ccccc21. The number of hydrogen-bond donors (Lipinski definition) is 2. The zero-order chi connectivity index (χ0) is 14.7. The number of nitrogens with two attached hydrogens (primary N) is 1. The van der Waals surface area contributed by atoms with Crippen molar-refractivity contribution in [2.45, 2.75) is 12.3 Å². The number of para-hydroxylation sites is 1. The first-order valence-electron chi connectivity index (χ1n) is 6.96. The molecule has 1 aliphatic rings. The third-order valence-corrected chi connectivity index (χ3v) is 3.68. The molecule has 0 saturated heterocycles. The summed E-state index contributed by atoms with van der Waals surface area (Å²) in [7, 11) is 0. The molecule has 3 rings (SSSR count). The van der Waals surface area contributed by atoms with Crippen molar-refractivity contribution in [3.05, 3.63) is 65.2 Å². The summed E-state index contributed by atoms with van der Waals surface area (Å²) in [5.41, 5.74) is 9.32. The molecule has 0 bridgehead atoms. The minimum Gasteiger partial charge on any atom is -0.324 e. The van der Waals surface area contributed by atoms with Crippen LogP contribution in [0.3, 0.4) is 0 Å². The first-order chi connectivity index (χ1) is 10.3. The maximum atomic E-state index is 12.4. The highest BCUT2D eigenvalue weighted by atomic mass is 16.1. The Hall–Kier alpha value is -2.57. The Morgan fingerprint density at radius 3 is 2.76 bits per heavy atom. The summed E-state index contributed by atoms with van der Waals surface area (Å²) in [6, 6.07) is 15.6. The monoisotopic (exact) mass is 276 g/mol. The van der Waals surface area contributed by atoms with Crippen LogP contribution in [-0.2, 0) is 11.2 Å². The molecule has 3 N–H and O–H groups in total. The molecule has 104 valence electrons. The Balaban J connectivity index is 1.78. The van der Waals surface area contributed by atoms with Crippen molar-refractivity contribution in [3.63, 3.8) is 0 Å². The van der Waals surface area contributed by atoms with E-state index in [1.54, 1.807) is 0 Å². The quantitative estimate of drug-likeness (QED) is 0.827. The molecule has 1 amide bonds. The van der Waals surface area contributed by atoms with Crippen LogP contribution in [0, 0.1) is 11.8 Å². The van der Waals surface area contributed by atoms with E-state index in [4.69, 9.17) is 5.73 Å². The van der Waals surface area contributed by atoms with E-state index < -0.39 is 0 Å². The molecule has 0 fully saturated rings. The van der Waals surface area contributed by atoms with E-state index in [-0.39, 0.29) is 11.8 Å². The van der Waals surface area contributed by atoms with Gasteiger partial charge in [-0.15, -0.1) is 0 Å². The third-order valence-electron chi connectivity index (χ3n) is 3.68. The summed E-state index contributed by atoms with van der Waals surface area (Å²) in [6.45, 7) is 0.304. The largest absolute Gasteiger partial charge is 0.324 e. The van der Waals surface area contributed by atoms with Gasteiger partial charge >= 0.3 is 0 Å². The van der Waals surface area contributed by atoms with Crippen molar-refractivity contribution in [2.24, 2.45) is 5.73 Å². The van der Waals surface area contributed by atoms with Gasteiger partial charge in [0.25, 0.3) is 0 Å². The molecule has 2 aromatic carbocycles. The van der Waals surface area contributed by atoms with Crippen molar-refractivity contribution in [1.29, 1.82) is 0 Å². The van der Waals surface area contributed by atoms with Gasteiger partial charge in [-0.1, -0.05) is 48.2 Å². The molecule has 1 aliphatic carbocycles. The van der Waals surface area contributed by atoms with E-state index in [2.05, 4.69) is 23.2 Å². The summed E-state index contributed by atoms with van der Waals surface area (Å²) in [4.78, 5) is 12.4. The lowest BCUT2D eigenvalue weighted by molar-refractivity contribution is -0.118. The Kier molecular flexibility index (Phi) is 3.72. The van der Waals surface area contributed by atoms with Crippen LogP contribution in [0.4, 0.5) is 5.69 Å². The maximum absolute atomic E-state index is 12.4. The molecule has 1 atom stereocenters. The van der Waals surface area contributed by atoms with Gasteiger partial charge in [0.15, 0.2) is 0 Å². The number of amides is 1. The first kappa shape index (κ1) is 13.4. The van der Waals surface area contributed by atoms with E-state index in [9.17, 15) is 4.79 Å². The highest BCUT2D eigenvalue weighted by molar-refractivity contribution is 5.98. The van der Waals surface area contributed by atoms with Crippen LogP contribution >= 0.6 is 0 Å². The summed E-state index contributed by atoms with van der Waals surface area (Å²) in [6.07, 6.45) is 0.804. The van der Waals surface area contributed by atoms with Crippen molar-refractivity contribution in [2.75, 3.05) is 11.9 Å². The van der Waals surface area contributed by atoms with Crippen LogP contribution < -0.4 is 11.1 Å². The van der Waals surface area contributed by atoms with Crippen LogP contribution in [0.5, 0.6) is 0 Å². The Bertz CT molecular complexity index is 740. The minimum atomic E-state index is -0.0586. The van der Waals surface area contributed by atoms with Crippen molar-refractivity contribution in [1.82, 2.24) is 0 Å². The molecule has 0 aromatic heterocycles. The second kappa shape index (κ2) is 5.82. The van der Waals surface area contributed by atoms with E-state index in [1.807, 2.05) is 42.5 Å². The molecule has 0 heterocycles. The Morgan fingerprint density at radius 1 is 1.19 bits per heavy atom. The van der Waals surface area contributed by atoms with Gasteiger partial charge in [0.1, 0.15) is 0 Å². The zero-order valence-electron chi connectivity index (χ0n) is 11.6. The van der Waals surface area contributed by atoms with Crippen molar-refractivity contribution in [3.8, 4) is 11.8 Å². The average molecular weight is 276 g/mol. The second-order valence-electron chi connectivity index (χ2n) is 5.00. The lowest BCUT2D eigenvalue weighted by Crippen LogP contribution is -2.30. The topological polar surface area (TPSA) is 55.1 Å². The number of hydrogen-bond acceptors (Lipinski definition) is 2. The summed E-state index contributed by atoms with van der Waals surface area (Å²) < 4.78 is 0. The van der Waals surface area contributed by atoms with E-state index in [0.717, 1.165) is 23.2 Å². The number of carbonyl (C=O) groups excluding carboxylic acids is 1. The molecule has 0 saturated carbocycles. The van der Waals surface area contributed by atoms with Crippen LogP contribution in [0.1, 0.15) is 22.6 Å². The molecular formula is C18H16N2O. The van der Waals surface area contributed by atoms with E-state index >= 15 is 0 Å². The smallest absolute Gasteiger partial charge is 0.232 e. The highest BCUT2D eigenvalue weighted by Crippen LogP contribution is 2.35. The van der Waals surface area contributed by atoms with Crippen LogP contribution in [0.2, 0.25) is 0 Å². The number of benzene rings is 2. The molecule has 1 unspecified atom stereocenters. The zero-order valence-corrected chi connectivity index (χ0v) is 11.6. The van der Waals surface area contributed by atoms with Gasteiger partial charge in [-0.25, -0.2) is 0 Å². The van der Waals surface area contributed by atoms with Crippen LogP contribution in [0.25, 0.3) is 0 Å². The lowest BCUT2D eigenvalue weighted by Gasteiger charge is -2.29. The Morgan fingerprint density at radius 2 is 1.95 bits per heavy atom. The van der Waals surface area contributed by atoms with Crippen LogP contribution in [0.15, 0.2) is 48.5 Å². The molecule has 0 spiro atoms. The van der Waals surface area contributed by atoms with Gasteiger partial charge < -0.3 is 11.1 Å². The number of carbonyl (C=O) groups is 1. The highest BCUT2D eigenvalue weighted by Gasteiger charge is 2.31. The van der Waals surface area contributed by atoms with Crippen LogP contribution in [-0.4, -0.2) is 12.5 Å². The molecule has 0 aliphatic heterocycles. The fraction of sp³-hybridized carbons (Fsp3) is 0.167. The summed E-state index contributed by atoms with van der Waals surface area (Å²) >= 11 is 0. The van der Waals surface area contributed by atoms with Gasteiger partial charge in [0.05, 0.1) is 18.2 Å². The molecule has 0 radical (unpaired) electrons. The van der Waals surface area contributed by atoms with Crippen molar-refractivity contribution >= 4 is 11.6 Å². The summed E-state index contributed by atoms with van der Waals surface area (Å²) in [5, 5.41) is 2.98. The minimum absolute atomic E-state index is 0.0238. The van der Waals surface area contributed by atoms with E-state index in [1.165, 1.54) is 5.56 Å². The first-order valence-corrected chi connectivity index (χ1v) is 6.96. The lowest BCUT2D eigenvalue weighted by atomic mass is 9.77. The number of fused-ring (bicyclic) bond motifs is 1. The summed E-state index contributed by atoms with van der Waals surface area (Å²) in [5.74, 6) is 5.77. The average Bonchev–Trinajstić information content (AvgIpc) is 2.47. The fourth-order valence-corrected chi connectivity index (χ4v) is 2.56. The fourth-order valence-electron chi connectivity index (χ4n) is 2.56. The van der Waals surface area contributed by atoms with Crippen molar-refractivity contribution < 1.29 is 4.79 Å². The molecular weight excluding hydrogens is 260 g/mol. The van der Waals surface area contributed by atoms with Gasteiger partial charge in [-0.2, -0.15) is 0 Å². The maximum Gasteiger partial charge on any atom is 0.232 e. The molecule has 21 heavy (non-hydrogen) atoms. The Labute approximate surface area is 124 Å².